The number of rotatable bonds is 6. The summed E-state index contributed by atoms with van der Waals surface area (Å²) in [6, 6.07) is -0.355. The van der Waals surface area contributed by atoms with Gasteiger partial charge in [-0.1, -0.05) is 20.8 Å². The van der Waals surface area contributed by atoms with Crippen LogP contribution >= 0.6 is 24.8 Å². The molecule has 1 atom stereocenters. The van der Waals surface area contributed by atoms with Gasteiger partial charge in [0.15, 0.2) is 0 Å². The first-order valence-electron chi connectivity index (χ1n) is 7.24. The van der Waals surface area contributed by atoms with Crippen molar-refractivity contribution in [1.82, 2.24) is 10.2 Å². The predicted molar refractivity (Wildman–Crippen MR) is 89.8 cm³/mol. The van der Waals surface area contributed by atoms with Gasteiger partial charge in [0.05, 0.1) is 6.04 Å². The molecule has 1 fully saturated rings. The zero-order valence-electron chi connectivity index (χ0n) is 12.9. The molecule has 1 rings (SSSR count). The Balaban J connectivity index is 0. The fraction of sp³-hybridized carbons (Fsp3) is 0.929. The van der Waals surface area contributed by atoms with Crippen molar-refractivity contribution >= 4 is 30.7 Å². The van der Waals surface area contributed by atoms with Crippen LogP contribution < -0.4 is 11.1 Å². The first-order valence-corrected chi connectivity index (χ1v) is 7.24. The number of likely N-dealkylation sites (tertiary alicyclic amines) is 1. The van der Waals surface area contributed by atoms with Gasteiger partial charge in [-0.15, -0.1) is 24.8 Å². The number of carbonyl (C=O) groups excluding carboxylic acids is 1. The van der Waals surface area contributed by atoms with Crippen LogP contribution in [-0.2, 0) is 4.79 Å². The van der Waals surface area contributed by atoms with E-state index in [9.17, 15) is 4.79 Å². The quantitative estimate of drug-likeness (QED) is 0.785. The van der Waals surface area contributed by atoms with Crippen LogP contribution in [0.1, 0.15) is 40.0 Å². The fourth-order valence-electron chi connectivity index (χ4n) is 2.37. The number of halogens is 2. The molecule has 0 aromatic carbocycles. The molecule has 0 bridgehead atoms. The molecule has 6 heteroatoms. The lowest BCUT2D eigenvalue weighted by Gasteiger charge is -2.30. The molecular weight excluding hydrogens is 297 g/mol. The molecule has 1 heterocycles. The van der Waals surface area contributed by atoms with Gasteiger partial charge in [-0.3, -0.25) is 4.79 Å². The largest absolute Gasteiger partial charge is 0.353 e. The van der Waals surface area contributed by atoms with E-state index in [-0.39, 0.29) is 36.8 Å². The fourth-order valence-corrected chi connectivity index (χ4v) is 2.37. The molecule has 1 aliphatic rings. The van der Waals surface area contributed by atoms with E-state index >= 15 is 0 Å². The lowest BCUT2D eigenvalue weighted by molar-refractivity contribution is -0.122. The molecule has 1 amide bonds. The summed E-state index contributed by atoms with van der Waals surface area (Å²) in [5, 5.41) is 2.94. The van der Waals surface area contributed by atoms with E-state index in [0.29, 0.717) is 5.92 Å². The van der Waals surface area contributed by atoms with Crippen molar-refractivity contribution in [3.05, 3.63) is 0 Å². The Labute approximate surface area is 136 Å². The van der Waals surface area contributed by atoms with Crippen molar-refractivity contribution in [2.75, 3.05) is 26.2 Å². The van der Waals surface area contributed by atoms with Gasteiger partial charge in [-0.25, -0.2) is 0 Å². The summed E-state index contributed by atoms with van der Waals surface area (Å²) in [7, 11) is 0. The van der Waals surface area contributed by atoms with Crippen molar-refractivity contribution in [2.24, 2.45) is 17.6 Å². The molecule has 4 nitrogen and oxygen atoms in total. The first kappa shape index (κ1) is 22.3. The maximum atomic E-state index is 11.7. The molecule has 0 spiro atoms. The topological polar surface area (TPSA) is 58.4 Å². The number of piperidine rings is 1. The highest BCUT2D eigenvalue weighted by molar-refractivity contribution is 5.85. The third-order valence-electron chi connectivity index (χ3n) is 3.67. The zero-order chi connectivity index (χ0) is 13.5. The summed E-state index contributed by atoms with van der Waals surface area (Å²) in [4.78, 5) is 14.1. The van der Waals surface area contributed by atoms with Crippen LogP contribution in [0.4, 0.5) is 0 Å². The summed E-state index contributed by atoms with van der Waals surface area (Å²) >= 11 is 0. The minimum atomic E-state index is -0.355. The number of hydrogen-bond donors (Lipinski definition) is 2. The van der Waals surface area contributed by atoms with Crippen molar-refractivity contribution < 1.29 is 4.79 Å². The van der Waals surface area contributed by atoms with Gasteiger partial charge in [0.2, 0.25) is 5.91 Å². The van der Waals surface area contributed by atoms with Crippen LogP contribution in [0.15, 0.2) is 0 Å². The van der Waals surface area contributed by atoms with E-state index < -0.39 is 0 Å². The summed E-state index contributed by atoms with van der Waals surface area (Å²) < 4.78 is 0. The molecule has 0 aliphatic carbocycles. The van der Waals surface area contributed by atoms with Crippen LogP contribution in [0.2, 0.25) is 0 Å². The maximum Gasteiger partial charge on any atom is 0.236 e. The number of nitrogens with zero attached hydrogens (tertiary/aromatic N) is 1. The lowest BCUT2D eigenvalue weighted by atomic mass is 9.99. The Hall–Kier alpha value is -0.0300. The predicted octanol–water partition coefficient (Wildman–Crippen LogP) is 2.05. The van der Waals surface area contributed by atoms with Gasteiger partial charge in [-0.2, -0.15) is 0 Å². The van der Waals surface area contributed by atoms with Gasteiger partial charge in [0.25, 0.3) is 0 Å². The van der Waals surface area contributed by atoms with E-state index in [4.69, 9.17) is 5.73 Å². The average molecular weight is 328 g/mol. The summed E-state index contributed by atoms with van der Waals surface area (Å²) in [6.07, 6.45) is 3.31. The molecular formula is C14H31Cl2N3O. The highest BCUT2D eigenvalue weighted by atomic mass is 35.5. The highest BCUT2D eigenvalue weighted by Crippen LogP contribution is 2.15. The minimum Gasteiger partial charge on any atom is -0.353 e. The SMILES string of the molecule is CC(C)C[C@H](N)C(=O)NCCN1CCC(C)CC1.Cl.Cl. The monoisotopic (exact) mass is 327 g/mol. The second-order valence-electron chi connectivity index (χ2n) is 6.05. The van der Waals surface area contributed by atoms with Crippen molar-refractivity contribution in [1.29, 1.82) is 0 Å². The number of carbonyl (C=O) groups is 1. The first-order chi connectivity index (χ1) is 8.49. The van der Waals surface area contributed by atoms with Crippen LogP contribution in [-0.4, -0.2) is 43.0 Å². The van der Waals surface area contributed by atoms with E-state index in [0.717, 1.165) is 38.5 Å². The van der Waals surface area contributed by atoms with Crippen molar-refractivity contribution in [2.45, 2.75) is 46.1 Å². The third kappa shape index (κ3) is 9.01. The Morgan fingerprint density at radius 3 is 2.35 bits per heavy atom. The van der Waals surface area contributed by atoms with E-state index in [1.807, 2.05) is 0 Å². The molecule has 0 radical (unpaired) electrons. The second kappa shape index (κ2) is 11.6. The van der Waals surface area contributed by atoms with E-state index in [1.54, 1.807) is 0 Å². The molecule has 0 aromatic rings. The van der Waals surface area contributed by atoms with Gasteiger partial charge in [0.1, 0.15) is 0 Å². The Bertz CT molecular complexity index is 257. The molecule has 1 saturated heterocycles. The van der Waals surface area contributed by atoms with Crippen LogP contribution in [0.3, 0.4) is 0 Å². The summed E-state index contributed by atoms with van der Waals surface area (Å²) in [6.45, 7) is 10.5. The van der Waals surface area contributed by atoms with Gasteiger partial charge in [-0.05, 0) is 44.2 Å². The van der Waals surface area contributed by atoms with Gasteiger partial charge < -0.3 is 16.0 Å². The molecule has 1 aliphatic heterocycles. The Morgan fingerprint density at radius 2 is 1.85 bits per heavy atom. The third-order valence-corrected chi connectivity index (χ3v) is 3.67. The summed E-state index contributed by atoms with van der Waals surface area (Å²) in [5.74, 6) is 1.32. The maximum absolute atomic E-state index is 11.7. The highest BCUT2D eigenvalue weighted by Gasteiger charge is 2.17. The average Bonchev–Trinajstić information content (AvgIpc) is 2.30. The molecule has 0 aromatic heterocycles. The van der Waals surface area contributed by atoms with Gasteiger partial charge in [0, 0.05) is 13.1 Å². The van der Waals surface area contributed by atoms with Crippen LogP contribution in [0.5, 0.6) is 0 Å². The van der Waals surface area contributed by atoms with Gasteiger partial charge >= 0.3 is 0 Å². The summed E-state index contributed by atoms with van der Waals surface area (Å²) in [5.41, 5.74) is 5.83. The standard InChI is InChI=1S/C14H29N3O.2ClH/c1-11(2)10-13(15)14(18)16-6-9-17-7-4-12(3)5-8-17;;/h11-13H,4-10,15H2,1-3H3,(H,16,18);2*1H/t13-;;/m0../s1. The second-order valence-corrected chi connectivity index (χ2v) is 6.05. The van der Waals surface area contributed by atoms with E-state index in [2.05, 4.69) is 31.0 Å². The zero-order valence-corrected chi connectivity index (χ0v) is 14.6. The number of hydrogen-bond acceptors (Lipinski definition) is 3. The van der Waals surface area contributed by atoms with E-state index in [1.165, 1.54) is 12.8 Å². The molecule has 0 unspecified atom stereocenters. The Morgan fingerprint density at radius 1 is 1.30 bits per heavy atom. The van der Waals surface area contributed by atoms with Crippen molar-refractivity contribution in [3.8, 4) is 0 Å². The molecule has 0 saturated carbocycles. The normalized spacial score (nSPS) is 18.1. The minimum absolute atomic E-state index is 0. The Kier molecular flexibility index (Phi) is 12.9. The number of amides is 1. The number of nitrogens with one attached hydrogen (secondary N) is 1. The number of nitrogens with two attached hydrogens (primary N) is 1. The molecule has 122 valence electrons. The van der Waals surface area contributed by atoms with Crippen LogP contribution in [0.25, 0.3) is 0 Å². The van der Waals surface area contributed by atoms with Crippen molar-refractivity contribution in [3.63, 3.8) is 0 Å². The lowest BCUT2D eigenvalue weighted by Crippen LogP contribution is -2.45. The smallest absolute Gasteiger partial charge is 0.236 e. The van der Waals surface area contributed by atoms with Crippen LogP contribution in [0, 0.1) is 11.8 Å². The molecule has 3 N–H and O–H groups in total. The molecule has 20 heavy (non-hydrogen) atoms.